The topological polar surface area (TPSA) is 103 Å². The Hall–Kier alpha value is -4.06. The number of hydrogen-bond acceptors (Lipinski definition) is 6. The van der Waals surface area contributed by atoms with Gasteiger partial charge in [0, 0.05) is 0 Å². The molecule has 0 aliphatic heterocycles. The number of methoxy groups -OCH3 is 2. The molecule has 3 rings (SSSR count). The second-order valence-electron chi connectivity index (χ2n) is 7.22. The van der Waals surface area contributed by atoms with Crippen LogP contribution in [0.4, 0.5) is 4.39 Å². The molecule has 1 aliphatic carbocycles. The third-order valence-electron chi connectivity index (χ3n) is 4.76. The number of halogens is 1. The summed E-state index contributed by atoms with van der Waals surface area (Å²) in [5, 5.41) is 17.4. The second-order valence-corrected chi connectivity index (χ2v) is 7.22. The zero-order valence-corrected chi connectivity index (χ0v) is 18.0. The van der Waals surface area contributed by atoms with Crippen LogP contribution in [0.5, 0.6) is 11.5 Å². The molecule has 0 saturated carbocycles. The first-order chi connectivity index (χ1) is 15.3. The van der Waals surface area contributed by atoms with Gasteiger partial charge in [-0.2, -0.15) is 9.49 Å². The van der Waals surface area contributed by atoms with Crippen LogP contribution in [0.1, 0.15) is 24.3 Å². The summed E-state index contributed by atoms with van der Waals surface area (Å²) < 4.78 is 24.8. The summed E-state index contributed by atoms with van der Waals surface area (Å²) in [6.45, 7) is 3.53. The minimum absolute atomic E-state index is 0.0439. The highest BCUT2D eigenvalue weighted by atomic mass is 19.1. The molecule has 32 heavy (non-hydrogen) atoms. The lowest BCUT2D eigenvalue weighted by Gasteiger charge is -2.19. The number of allylic oxidation sites excluding steroid dienone is 4. The van der Waals surface area contributed by atoms with Gasteiger partial charge in [-0.1, -0.05) is 19.9 Å². The second kappa shape index (κ2) is 9.39. The molecule has 1 unspecified atom stereocenters. The first kappa shape index (κ1) is 22.6. The van der Waals surface area contributed by atoms with Gasteiger partial charge >= 0.3 is 5.97 Å². The van der Waals surface area contributed by atoms with Gasteiger partial charge in [0.25, 0.3) is 5.91 Å². The van der Waals surface area contributed by atoms with Gasteiger partial charge in [0.05, 0.1) is 25.5 Å². The van der Waals surface area contributed by atoms with Crippen LogP contribution in [-0.2, 0) is 9.53 Å². The van der Waals surface area contributed by atoms with E-state index in [1.807, 2.05) is 0 Å². The van der Waals surface area contributed by atoms with Gasteiger partial charge in [0.1, 0.15) is 23.2 Å². The number of phenols is 1. The van der Waals surface area contributed by atoms with Crippen LogP contribution in [0.15, 0.2) is 53.7 Å². The summed E-state index contributed by atoms with van der Waals surface area (Å²) in [7, 11) is 2.68. The predicted molar refractivity (Wildman–Crippen MR) is 114 cm³/mol. The molecule has 1 amide bonds. The van der Waals surface area contributed by atoms with E-state index in [0.29, 0.717) is 11.4 Å². The number of aromatic hydroxyl groups is 1. The van der Waals surface area contributed by atoms with E-state index in [9.17, 15) is 19.1 Å². The Bertz CT molecular complexity index is 1200. The van der Waals surface area contributed by atoms with Gasteiger partial charge in [0.2, 0.25) is 0 Å². The number of carbonyl (C=O) groups excluding carboxylic acids is 2. The monoisotopic (exact) mass is 439 g/mol. The third kappa shape index (κ3) is 4.49. The molecule has 0 radical (unpaired) electrons. The number of amides is 1. The van der Waals surface area contributed by atoms with Crippen LogP contribution in [0.25, 0.3) is 17.0 Å². The first-order valence-electron chi connectivity index (χ1n) is 9.71. The van der Waals surface area contributed by atoms with E-state index in [-0.39, 0.29) is 28.6 Å². The minimum atomic E-state index is -0.883. The van der Waals surface area contributed by atoms with E-state index in [4.69, 9.17) is 9.47 Å². The summed E-state index contributed by atoms with van der Waals surface area (Å²) in [4.78, 5) is 25.0. The molecule has 1 aromatic carbocycles. The maximum absolute atomic E-state index is 13.4. The van der Waals surface area contributed by atoms with Crippen molar-refractivity contribution in [2.45, 2.75) is 19.9 Å². The molecule has 166 valence electrons. The fourth-order valence-corrected chi connectivity index (χ4v) is 3.12. The van der Waals surface area contributed by atoms with Crippen LogP contribution >= 0.6 is 0 Å². The highest BCUT2D eigenvalue weighted by Gasteiger charge is 2.28. The van der Waals surface area contributed by atoms with Gasteiger partial charge in [-0.15, -0.1) is 0 Å². The number of benzene rings is 1. The summed E-state index contributed by atoms with van der Waals surface area (Å²) in [5.41, 5.74) is 5.75. The number of nitrogens with one attached hydrogen (secondary N) is 1. The molecule has 9 heteroatoms. The van der Waals surface area contributed by atoms with E-state index in [1.54, 1.807) is 26.0 Å². The number of carbonyl (C=O) groups is 2. The Kier molecular flexibility index (Phi) is 6.64. The smallest absolute Gasteiger partial charge is 0.328 e. The molecule has 0 saturated heterocycles. The molecular weight excluding hydrogens is 417 g/mol. The Morgan fingerprint density at radius 2 is 1.97 bits per heavy atom. The molecule has 1 atom stereocenters. The lowest BCUT2D eigenvalue weighted by atomic mass is 10.0. The molecule has 0 fully saturated rings. The standard InChI is InChI=1S/C23H22FN3O5/c1-13(2)21(23(30)32-4)25-22(29)16-12-17(20-18(28)6-5-7-19(20)31-3)27(26-16)15-10-8-14(24)9-11-15/h5-8,10,12-13,21,28H,1-4H3,(H,25,29). The van der Waals surface area contributed by atoms with Crippen molar-refractivity contribution >= 4 is 17.6 Å². The van der Waals surface area contributed by atoms with E-state index < -0.39 is 23.7 Å². The van der Waals surface area contributed by atoms with Crippen LogP contribution in [0.2, 0.25) is 0 Å². The van der Waals surface area contributed by atoms with Crippen LogP contribution in [0, 0.1) is 5.92 Å². The quantitative estimate of drug-likeness (QED) is 0.507. The van der Waals surface area contributed by atoms with Crippen molar-refractivity contribution < 1.29 is 28.6 Å². The van der Waals surface area contributed by atoms with Gasteiger partial charge in [-0.25, -0.2) is 9.48 Å². The van der Waals surface area contributed by atoms with Crippen LogP contribution < -0.4 is 10.1 Å². The zero-order valence-electron chi connectivity index (χ0n) is 18.0. The summed E-state index contributed by atoms with van der Waals surface area (Å²) in [5.74, 6) is -1.84. The van der Waals surface area contributed by atoms with Crippen molar-refractivity contribution in [3.8, 4) is 22.8 Å². The van der Waals surface area contributed by atoms with Gasteiger partial charge in [-0.05, 0) is 47.7 Å². The fraction of sp³-hybridized carbons (Fsp3) is 0.261. The van der Waals surface area contributed by atoms with Gasteiger partial charge in [0.15, 0.2) is 11.5 Å². The normalized spacial score (nSPS) is 13.4. The van der Waals surface area contributed by atoms with E-state index in [2.05, 4.69) is 21.9 Å². The fourth-order valence-electron chi connectivity index (χ4n) is 3.12. The molecule has 0 bridgehead atoms. The molecule has 2 aromatic rings. The van der Waals surface area contributed by atoms with Crippen molar-refractivity contribution in [2.24, 2.45) is 5.92 Å². The summed E-state index contributed by atoms with van der Waals surface area (Å²) in [6.07, 6.45) is 2.58. The highest BCUT2D eigenvalue weighted by molar-refractivity contribution is 5.97. The predicted octanol–water partition coefficient (Wildman–Crippen LogP) is 3.21. The maximum Gasteiger partial charge on any atom is 0.328 e. The molecule has 1 aliphatic rings. The number of phenolic OH excluding ortho intramolecular Hbond substituents is 1. The van der Waals surface area contributed by atoms with Crippen molar-refractivity contribution in [2.75, 3.05) is 14.2 Å². The van der Waals surface area contributed by atoms with Crippen LogP contribution in [-0.4, -0.2) is 47.0 Å². The van der Waals surface area contributed by atoms with Gasteiger partial charge in [-0.3, -0.25) is 4.79 Å². The molecule has 8 nitrogen and oxygen atoms in total. The van der Waals surface area contributed by atoms with Crippen molar-refractivity contribution in [1.29, 1.82) is 0 Å². The number of esters is 1. The summed E-state index contributed by atoms with van der Waals surface area (Å²) >= 11 is 0. The maximum atomic E-state index is 13.4. The lowest BCUT2D eigenvalue weighted by Crippen LogP contribution is -2.45. The number of rotatable bonds is 7. The Morgan fingerprint density at radius 1 is 1.22 bits per heavy atom. The largest absolute Gasteiger partial charge is 0.507 e. The van der Waals surface area contributed by atoms with Crippen LogP contribution in [0.3, 0.4) is 0 Å². The molecule has 0 spiro atoms. The number of ether oxygens (including phenoxy) is 2. The summed E-state index contributed by atoms with van der Waals surface area (Å²) in [6, 6.07) is 5.25. The average molecular weight is 439 g/mol. The minimum Gasteiger partial charge on any atom is -0.507 e. The number of nitrogens with zero attached hydrogens (tertiary/aromatic N) is 2. The van der Waals surface area contributed by atoms with Crippen molar-refractivity contribution in [1.82, 2.24) is 15.1 Å². The third-order valence-corrected chi connectivity index (χ3v) is 4.76. The SMILES string of the molecule is COC(=O)C(NC(=O)c1cc(-c2c(O)cccc2OC)n(C2=C=C=C(F)C=C2)n1)C(C)C. The molecule has 2 N–H and O–H groups in total. The lowest BCUT2D eigenvalue weighted by molar-refractivity contribution is -0.144. The zero-order chi connectivity index (χ0) is 23.4. The first-order valence-corrected chi connectivity index (χ1v) is 9.71. The van der Waals surface area contributed by atoms with E-state index >= 15 is 0 Å². The van der Waals surface area contributed by atoms with Gasteiger partial charge < -0.3 is 19.9 Å². The molecular formula is C23H22FN3O5. The number of hydrogen-bond donors (Lipinski definition) is 2. The molecule has 1 heterocycles. The Labute approximate surface area is 184 Å². The average Bonchev–Trinajstić information content (AvgIpc) is 3.21. The Balaban J connectivity index is 2.15. The molecule has 1 aromatic heterocycles. The van der Waals surface area contributed by atoms with E-state index in [1.165, 1.54) is 43.2 Å². The highest BCUT2D eigenvalue weighted by Crippen LogP contribution is 2.39. The van der Waals surface area contributed by atoms with Crippen molar-refractivity contribution in [3.63, 3.8) is 0 Å². The van der Waals surface area contributed by atoms with Crippen molar-refractivity contribution in [3.05, 3.63) is 59.4 Å². The van der Waals surface area contributed by atoms with E-state index in [0.717, 1.165) is 0 Å². The number of aromatic nitrogens is 2. The Morgan fingerprint density at radius 3 is 2.56 bits per heavy atom.